The first-order chi connectivity index (χ1) is 22.7. The predicted molar refractivity (Wildman–Crippen MR) is 192 cm³/mol. The molecule has 0 saturated carbocycles. The summed E-state index contributed by atoms with van der Waals surface area (Å²) < 4.78 is 7.80. The van der Waals surface area contributed by atoms with Crippen LogP contribution in [0.5, 0.6) is 5.75 Å². The van der Waals surface area contributed by atoms with Gasteiger partial charge >= 0.3 is 0 Å². The SMILES string of the molecule is Brc1ccc2c(c1)C1(c3ccccc3OC3C=CC=CC31)c1cc(-c3ccccc3)ccc1N2c1ccc(-c2ccccc2)cc1. The molecule has 6 aromatic rings. The topological polar surface area (TPSA) is 12.5 Å². The summed E-state index contributed by atoms with van der Waals surface area (Å²) in [6, 6.07) is 52.7. The van der Waals surface area contributed by atoms with Gasteiger partial charge in [-0.3, -0.25) is 0 Å². The van der Waals surface area contributed by atoms with Crippen LogP contribution in [0.1, 0.15) is 16.7 Å². The van der Waals surface area contributed by atoms with E-state index in [9.17, 15) is 0 Å². The van der Waals surface area contributed by atoms with Gasteiger partial charge in [-0.25, -0.2) is 0 Å². The Morgan fingerprint density at radius 1 is 0.522 bits per heavy atom. The van der Waals surface area contributed by atoms with Crippen molar-refractivity contribution in [3.63, 3.8) is 0 Å². The quantitative estimate of drug-likeness (QED) is 0.188. The van der Waals surface area contributed by atoms with E-state index >= 15 is 0 Å². The number of allylic oxidation sites excluding steroid dienone is 2. The normalized spacial score (nSPS) is 20.3. The lowest BCUT2D eigenvalue weighted by atomic mass is 9.56. The highest BCUT2D eigenvalue weighted by Gasteiger charge is 2.55. The van der Waals surface area contributed by atoms with Crippen LogP contribution in [-0.2, 0) is 5.41 Å². The molecule has 1 aliphatic carbocycles. The van der Waals surface area contributed by atoms with Crippen LogP contribution in [0.2, 0.25) is 0 Å². The van der Waals surface area contributed by atoms with Gasteiger partial charge in [0.1, 0.15) is 11.9 Å². The minimum atomic E-state index is -0.500. The average Bonchev–Trinajstić information content (AvgIpc) is 3.12. The Kier molecular flexibility index (Phi) is 6.36. The molecule has 2 nitrogen and oxygen atoms in total. The van der Waals surface area contributed by atoms with Gasteiger partial charge in [-0.05, 0) is 88.0 Å². The number of fused-ring (bicyclic) bond motifs is 8. The first-order valence-electron chi connectivity index (χ1n) is 15.8. The molecular formula is C43H30BrNO. The van der Waals surface area contributed by atoms with E-state index in [4.69, 9.17) is 4.74 Å². The molecule has 0 N–H and O–H groups in total. The maximum atomic E-state index is 6.74. The van der Waals surface area contributed by atoms with E-state index in [-0.39, 0.29) is 12.0 Å². The predicted octanol–water partition coefficient (Wildman–Crippen LogP) is 11.4. The standard InChI is InChI=1S/C43H30BrNO/c44-33-22-26-40-38(28-33)43(35-15-7-9-17-41(35)46-42-18-10-8-16-36(42)43)37-27-32(30-13-5-2-6-14-30)21-25-39(37)45(40)34-23-19-31(20-24-34)29-11-3-1-4-12-29/h1-28,35,41H. The van der Waals surface area contributed by atoms with E-state index in [1.807, 2.05) is 0 Å². The summed E-state index contributed by atoms with van der Waals surface area (Å²) in [6.45, 7) is 0. The Balaban J connectivity index is 1.35. The molecule has 3 atom stereocenters. The van der Waals surface area contributed by atoms with E-state index in [0.29, 0.717) is 0 Å². The zero-order valence-electron chi connectivity index (χ0n) is 25.1. The van der Waals surface area contributed by atoms with Crippen molar-refractivity contribution in [2.45, 2.75) is 11.5 Å². The second kappa shape index (κ2) is 10.8. The Morgan fingerprint density at radius 2 is 1.11 bits per heavy atom. The van der Waals surface area contributed by atoms with Crippen molar-refractivity contribution in [3.8, 4) is 28.0 Å². The van der Waals surface area contributed by atoms with Crippen LogP contribution in [0.4, 0.5) is 17.1 Å². The second-order valence-electron chi connectivity index (χ2n) is 12.2. The van der Waals surface area contributed by atoms with Crippen LogP contribution in [0.15, 0.2) is 174 Å². The molecule has 0 fully saturated rings. The molecule has 0 aromatic heterocycles. The van der Waals surface area contributed by atoms with E-state index in [1.165, 1.54) is 50.3 Å². The summed E-state index contributed by atoms with van der Waals surface area (Å²) in [5.41, 5.74) is 11.5. The van der Waals surface area contributed by atoms with E-state index in [1.54, 1.807) is 0 Å². The van der Waals surface area contributed by atoms with Crippen molar-refractivity contribution in [1.82, 2.24) is 0 Å². The molecule has 3 aliphatic rings. The van der Waals surface area contributed by atoms with Gasteiger partial charge in [-0.2, -0.15) is 0 Å². The van der Waals surface area contributed by atoms with Gasteiger partial charge in [0.05, 0.1) is 16.8 Å². The summed E-state index contributed by atoms with van der Waals surface area (Å²) in [5, 5.41) is 0. The third-order valence-electron chi connectivity index (χ3n) is 9.79. The van der Waals surface area contributed by atoms with Crippen molar-refractivity contribution in [1.29, 1.82) is 0 Å². The second-order valence-corrected chi connectivity index (χ2v) is 13.1. The smallest absolute Gasteiger partial charge is 0.125 e. The molecule has 3 unspecified atom stereocenters. The zero-order chi connectivity index (χ0) is 30.7. The molecule has 220 valence electrons. The van der Waals surface area contributed by atoms with Crippen LogP contribution >= 0.6 is 15.9 Å². The highest BCUT2D eigenvalue weighted by molar-refractivity contribution is 9.10. The molecule has 1 spiro atoms. The molecule has 0 bridgehead atoms. The number of nitrogens with zero attached hydrogens (tertiary/aromatic N) is 1. The van der Waals surface area contributed by atoms with Crippen molar-refractivity contribution in [2.75, 3.05) is 4.90 Å². The maximum absolute atomic E-state index is 6.74. The van der Waals surface area contributed by atoms with E-state index in [2.05, 4.69) is 191 Å². The molecule has 6 aromatic carbocycles. The largest absolute Gasteiger partial charge is 0.485 e. The van der Waals surface area contributed by atoms with Crippen LogP contribution in [0, 0.1) is 5.92 Å². The number of hydrogen-bond donors (Lipinski definition) is 0. The van der Waals surface area contributed by atoms with Gasteiger partial charge in [-0.1, -0.05) is 131 Å². The van der Waals surface area contributed by atoms with Crippen molar-refractivity contribution in [2.24, 2.45) is 5.92 Å². The van der Waals surface area contributed by atoms with Crippen LogP contribution < -0.4 is 9.64 Å². The fraction of sp³-hybridized carbons (Fsp3) is 0.0698. The molecule has 0 amide bonds. The first-order valence-corrected chi connectivity index (χ1v) is 16.6. The first kappa shape index (κ1) is 27.2. The van der Waals surface area contributed by atoms with Crippen molar-refractivity contribution >= 4 is 33.0 Å². The number of ether oxygens (including phenoxy) is 1. The minimum absolute atomic E-state index is 0.0489. The fourth-order valence-corrected chi connectivity index (χ4v) is 8.18. The van der Waals surface area contributed by atoms with Gasteiger partial charge in [0.2, 0.25) is 0 Å². The number of hydrogen-bond acceptors (Lipinski definition) is 2. The summed E-state index contributed by atoms with van der Waals surface area (Å²) >= 11 is 3.89. The summed E-state index contributed by atoms with van der Waals surface area (Å²) in [4.78, 5) is 2.45. The lowest BCUT2D eigenvalue weighted by molar-refractivity contribution is 0.139. The third kappa shape index (κ3) is 4.08. The number of benzene rings is 6. The molecule has 2 aliphatic heterocycles. The van der Waals surface area contributed by atoms with Gasteiger partial charge in [-0.15, -0.1) is 0 Å². The van der Waals surface area contributed by atoms with Crippen LogP contribution in [0.25, 0.3) is 22.3 Å². The monoisotopic (exact) mass is 655 g/mol. The molecule has 3 heteroatoms. The van der Waals surface area contributed by atoms with Gasteiger partial charge in [0.15, 0.2) is 0 Å². The van der Waals surface area contributed by atoms with Gasteiger partial charge < -0.3 is 9.64 Å². The summed E-state index contributed by atoms with van der Waals surface area (Å²) in [7, 11) is 0. The fourth-order valence-electron chi connectivity index (χ4n) is 7.82. The highest BCUT2D eigenvalue weighted by atomic mass is 79.9. The lowest BCUT2D eigenvalue weighted by Gasteiger charge is -2.53. The molecule has 9 rings (SSSR count). The highest BCUT2D eigenvalue weighted by Crippen LogP contribution is 2.63. The van der Waals surface area contributed by atoms with Crippen LogP contribution in [-0.4, -0.2) is 6.10 Å². The minimum Gasteiger partial charge on any atom is -0.485 e. The van der Waals surface area contributed by atoms with Crippen LogP contribution in [0.3, 0.4) is 0 Å². The third-order valence-corrected chi connectivity index (χ3v) is 10.3. The molecular weight excluding hydrogens is 626 g/mol. The Bertz CT molecular complexity index is 2150. The lowest BCUT2D eigenvalue weighted by Crippen LogP contribution is -2.51. The van der Waals surface area contributed by atoms with Crippen molar-refractivity contribution < 1.29 is 4.74 Å². The number of rotatable bonds is 3. The maximum Gasteiger partial charge on any atom is 0.125 e. The van der Waals surface area contributed by atoms with Crippen molar-refractivity contribution in [3.05, 3.63) is 191 Å². The number of halogens is 1. The Morgan fingerprint density at radius 3 is 1.87 bits per heavy atom. The molecule has 2 heterocycles. The summed E-state index contributed by atoms with van der Waals surface area (Å²) in [5.74, 6) is 0.985. The van der Waals surface area contributed by atoms with E-state index < -0.39 is 5.41 Å². The Hall–Kier alpha value is -5.12. The van der Waals surface area contributed by atoms with Gasteiger partial charge in [0.25, 0.3) is 0 Å². The average molecular weight is 657 g/mol. The van der Waals surface area contributed by atoms with Gasteiger partial charge in [0, 0.05) is 21.6 Å². The molecule has 0 radical (unpaired) electrons. The molecule has 46 heavy (non-hydrogen) atoms. The number of para-hydroxylation sites is 1. The molecule has 0 saturated heterocycles. The van der Waals surface area contributed by atoms with E-state index in [0.717, 1.165) is 15.9 Å². The zero-order valence-corrected chi connectivity index (χ0v) is 26.6. The summed E-state index contributed by atoms with van der Waals surface area (Å²) in [6.07, 6.45) is 8.78. The Labute approximate surface area is 278 Å². The number of anilines is 3.